The van der Waals surface area contributed by atoms with E-state index < -0.39 is 11.5 Å². The monoisotopic (exact) mass is 465 g/mol. The van der Waals surface area contributed by atoms with Crippen molar-refractivity contribution in [2.75, 3.05) is 38.6 Å². The van der Waals surface area contributed by atoms with Crippen molar-refractivity contribution in [2.45, 2.75) is 33.3 Å². The number of fused-ring (bicyclic) bond motifs is 1. The van der Waals surface area contributed by atoms with Crippen LogP contribution < -0.4 is 15.7 Å². The quantitative estimate of drug-likeness (QED) is 0.507. The van der Waals surface area contributed by atoms with Crippen LogP contribution in [0.25, 0.3) is 11.0 Å². The summed E-state index contributed by atoms with van der Waals surface area (Å²) in [6, 6.07) is 9.50. The van der Waals surface area contributed by atoms with Crippen LogP contribution in [0, 0.1) is 12.8 Å². The van der Waals surface area contributed by atoms with Gasteiger partial charge in [0.2, 0.25) is 0 Å². The number of aryl methyl sites for hydroxylation is 1. The van der Waals surface area contributed by atoms with Crippen molar-refractivity contribution >= 4 is 22.7 Å². The fraction of sp³-hybridized carbons (Fsp3) is 0.440. The molecule has 3 aromatic rings. The van der Waals surface area contributed by atoms with Crippen LogP contribution >= 0.6 is 0 Å². The molecule has 180 valence electrons. The van der Waals surface area contributed by atoms with Crippen LogP contribution in [0.3, 0.4) is 0 Å². The lowest BCUT2D eigenvalue weighted by Crippen LogP contribution is -2.36. The average Bonchev–Trinajstić information content (AvgIpc) is 2.84. The first kappa shape index (κ1) is 23.7. The molecule has 1 saturated heterocycles. The Morgan fingerprint density at radius 3 is 2.62 bits per heavy atom. The predicted octanol–water partition coefficient (Wildman–Crippen LogP) is 2.66. The molecule has 4 rings (SSSR count). The number of benzene rings is 1. The van der Waals surface area contributed by atoms with E-state index in [0.717, 1.165) is 36.2 Å². The summed E-state index contributed by atoms with van der Waals surface area (Å²) < 4.78 is 6.35. The number of nitrogens with one attached hydrogen (secondary N) is 1. The molecule has 0 amide bonds. The standard InChI is InChI=1S/C25H31N5O4/c1-4-33-25(32)21-22(26-14-18-10-12-29(3)13-11-18)20-17(2)27-16-28-23(20)30(24(21)31)34-15-19-8-6-5-7-9-19/h5-9,16,18,26H,4,10-15H2,1-3H3. The summed E-state index contributed by atoms with van der Waals surface area (Å²) in [5.74, 6) is -0.261. The molecule has 1 fully saturated rings. The third-order valence-corrected chi connectivity index (χ3v) is 6.20. The van der Waals surface area contributed by atoms with Crippen molar-refractivity contribution in [2.24, 2.45) is 5.92 Å². The lowest BCUT2D eigenvalue weighted by molar-refractivity contribution is 0.0513. The van der Waals surface area contributed by atoms with Gasteiger partial charge in [0.15, 0.2) is 11.2 Å². The van der Waals surface area contributed by atoms with Crippen molar-refractivity contribution in [3.8, 4) is 0 Å². The van der Waals surface area contributed by atoms with E-state index in [2.05, 4.69) is 27.2 Å². The molecule has 0 atom stereocenters. The number of piperidine rings is 1. The minimum absolute atomic E-state index is 0.0896. The number of hydrogen-bond acceptors (Lipinski definition) is 8. The summed E-state index contributed by atoms with van der Waals surface area (Å²) in [7, 11) is 2.12. The van der Waals surface area contributed by atoms with Crippen LogP contribution in [0.15, 0.2) is 41.5 Å². The van der Waals surface area contributed by atoms with Crippen molar-refractivity contribution in [1.29, 1.82) is 0 Å². The Balaban J connectivity index is 1.78. The van der Waals surface area contributed by atoms with Crippen molar-refractivity contribution in [1.82, 2.24) is 19.6 Å². The van der Waals surface area contributed by atoms with Gasteiger partial charge in [0, 0.05) is 6.54 Å². The number of nitrogens with zero attached hydrogens (tertiary/aromatic N) is 4. The Bertz CT molecular complexity index is 1200. The van der Waals surface area contributed by atoms with E-state index in [-0.39, 0.29) is 18.8 Å². The molecule has 1 aliphatic heterocycles. The molecule has 3 heterocycles. The first-order chi connectivity index (χ1) is 16.5. The molecule has 1 N–H and O–H groups in total. The number of hydrogen-bond donors (Lipinski definition) is 1. The molecule has 9 nitrogen and oxygen atoms in total. The van der Waals surface area contributed by atoms with Gasteiger partial charge in [0.05, 0.1) is 23.4 Å². The highest BCUT2D eigenvalue weighted by Crippen LogP contribution is 2.28. The Hall–Kier alpha value is -3.46. The van der Waals surface area contributed by atoms with E-state index in [9.17, 15) is 9.59 Å². The second-order valence-corrected chi connectivity index (χ2v) is 8.61. The molecule has 34 heavy (non-hydrogen) atoms. The number of carbonyl (C=O) groups excluding carboxylic acids is 1. The zero-order valence-electron chi connectivity index (χ0n) is 19.9. The van der Waals surface area contributed by atoms with Gasteiger partial charge in [-0.1, -0.05) is 30.3 Å². The van der Waals surface area contributed by atoms with Gasteiger partial charge in [0.25, 0.3) is 0 Å². The number of likely N-dealkylation sites (tertiary alicyclic amines) is 1. The summed E-state index contributed by atoms with van der Waals surface area (Å²) in [4.78, 5) is 43.4. The van der Waals surface area contributed by atoms with Gasteiger partial charge < -0.3 is 19.8 Å². The minimum Gasteiger partial charge on any atom is -0.462 e. The van der Waals surface area contributed by atoms with Gasteiger partial charge in [-0.15, -0.1) is 4.73 Å². The number of rotatable bonds is 8. The van der Waals surface area contributed by atoms with Gasteiger partial charge in [-0.2, -0.15) is 0 Å². The summed E-state index contributed by atoms with van der Waals surface area (Å²) in [5, 5.41) is 3.97. The number of carbonyl (C=O) groups is 1. The van der Waals surface area contributed by atoms with Gasteiger partial charge in [-0.05, 0) is 58.3 Å². The summed E-state index contributed by atoms with van der Waals surface area (Å²) >= 11 is 0. The molecule has 2 aromatic heterocycles. The van der Waals surface area contributed by atoms with Crippen molar-refractivity contribution in [3.05, 3.63) is 63.8 Å². The zero-order valence-corrected chi connectivity index (χ0v) is 19.9. The van der Waals surface area contributed by atoms with Crippen molar-refractivity contribution in [3.63, 3.8) is 0 Å². The third-order valence-electron chi connectivity index (χ3n) is 6.20. The maximum atomic E-state index is 13.6. The first-order valence-electron chi connectivity index (χ1n) is 11.7. The smallest absolute Gasteiger partial charge is 0.346 e. The van der Waals surface area contributed by atoms with Crippen LogP contribution in [0.5, 0.6) is 0 Å². The Morgan fingerprint density at radius 1 is 1.18 bits per heavy atom. The van der Waals surface area contributed by atoms with Gasteiger partial charge in [0.1, 0.15) is 12.9 Å². The van der Waals surface area contributed by atoms with E-state index in [1.54, 1.807) is 6.92 Å². The lowest BCUT2D eigenvalue weighted by Gasteiger charge is -2.29. The highest BCUT2D eigenvalue weighted by atomic mass is 16.7. The normalized spacial score (nSPS) is 14.8. The fourth-order valence-electron chi connectivity index (χ4n) is 4.25. The highest BCUT2D eigenvalue weighted by Gasteiger charge is 2.27. The van der Waals surface area contributed by atoms with Gasteiger partial charge >= 0.3 is 11.5 Å². The molecule has 0 unspecified atom stereocenters. The van der Waals surface area contributed by atoms with E-state index in [1.807, 2.05) is 37.3 Å². The Morgan fingerprint density at radius 2 is 1.91 bits per heavy atom. The molecule has 0 bridgehead atoms. The molecule has 1 aliphatic rings. The molecule has 1 aromatic carbocycles. The lowest BCUT2D eigenvalue weighted by atomic mass is 9.97. The topological polar surface area (TPSA) is 98.6 Å². The number of ether oxygens (including phenoxy) is 1. The molecule has 0 spiro atoms. The summed E-state index contributed by atoms with van der Waals surface area (Å²) in [5.41, 5.74) is 1.55. The SMILES string of the molecule is CCOC(=O)c1c(NCC2CCN(C)CC2)c2c(C)ncnc2n(OCc2ccccc2)c1=O. The highest BCUT2D eigenvalue weighted by molar-refractivity contribution is 6.04. The van der Waals surface area contributed by atoms with E-state index in [0.29, 0.717) is 34.9 Å². The van der Waals surface area contributed by atoms with E-state index >= 15 is 0 Å². The van der Waals surface area contributed by atoms with Crippen LogP contribution in [0.1, 0.15) is 41.4 Å². The average molecular weight is 466 g/mol. The fourth-order valence-corrected chi connectivity index (χ4v) is 4.25. The maximum Gasteiger partial charge on any atom is 0.346 e. The Kier molecular flexibility index (Phi) is 7.42. The third kappa shape index (κ3) is 5.04. The molecular weight excluding hydrogens is 434 g/mol. The van der Waals surface area contributed by atoms with Gasteiger partial charge in [-0.3, -0.25) is 4.79 Å². The molecule has 0 aliphatic carbocycles. The zero-order chi connectivity index (χ0) is 24.1. The number of anilines is 1. The minimum atomic E-state index is -0.694. The largest absolute Gasteiger partial charge is 0.462 e. The van der Waals surface area contributed by atoms with Crippen LogP contribution in [0.4, 0.5) is 5.69 Å². The second-order valence-electron chi connectivity index (χ2n) is 8.61. The van der Waals surface area contributed by atoms with Crippen molar-refractivity contribution < 1.29 is 14.4 Å². The number of aromatic nitrogens is 3. The van der Waals surface area contributed by atoms with E-state index in [4.69, 9.17) is 9.57 Å². The molecule has 0 saturated carbocycles. The second kappa shape index (κ2) is 10.6. The summed E-state index contributed by atoms with van der Waals surface area (Å²) in [6.45, 7) is 6.51. The molecular formula is C25H31N5O4. The first-order valence-corrected chi connectivity index (χ1v) is 11.7. The predicted molar refractivity (Wildman–Crippen MR) is 130 cm³/mol. The number of pyridine rings is 1. The molecule has 0 radical (unpaired) electrons. The van der Waals surface area contributed by atoms with Crippen LogP contribution in [-0.2, 0) is 11.3 Å². The van der Waals surface area contributed by atoms with Gasteiger partial charge in [-0.25, -0.2) is 14.8 Å². The maximum absolute atomic E-state index is 13.6. The van der Waals surface area contributed by atoms with Crippen LogP contribution in [-0.4, -0.2) is 58.9 Å². The van der Waals surface area contributed by atoms with E-state index in [1.165, 1.54) is 6.33 Å². The van der Waals surface area contributed by atoms with Crippen LogP contribution in [0.2, 0.25) is 0 Å². The summed E-state index contributed by atoms with van der Waals surface area (Å²) in [6.07, 6.45) is 3.48. The number of esters is 1. The Labute approximate surface area is 198 Å². The molecule has 9 heteroatoms.